The van der Waals surface area contributed by atoms with Crippen molar-refractivity contribution in [3.05, 3.63) is 53.1 Å². The van der Waals surface area contributed by atoms with Gasteiger partial charge in [-0.2, -0.15) is 0 Å². The molecule has 126 valence electrons. The summed E-state index contributed by atoms with van der Waals surface area (Å²) >= 11 is 7.44. The Hall–Kier alpha value is -2.18. The van der Waals surface area contributed by atoms with Crippen LogP contribution < -0.4 is 10.1 Å². The summed E-state index contributed by atoms with van der Waals surface area (Å²) in [5.74, 6) is 0.259. The Morgan fingerprint density at radius 2 is 1.83 bits per heavy atom. The molecule has 0 saturated heterocycles. The van der Waals surface area contributed by atoms with E-state index >= 15 is 0 Å². The van der Waals surface area contributed by atoms with Gasteiger partial charge in [-0.3, -0.25) is 4.79 Å². The molecular formula is C17H16ClNO4S. The van der Waals surface area contributed by atoms with Crippen LogP contribution in [0.1, 0.15) is 10.4 Å². The number of nitrogens with one attached hydrogen (secondary N) is 1. The third kappa shape index (κ3) is 4.91. The number of carbonyl (C=O) groups excluding carboxylic acids is 2. The summed E-state index contributed by atoms with van der Waals surface area (Å²) in [6.07, 6.45) is 0. The summed E-state index contributed by atoms with van der Waals surface area (Å²) in [6.45, 7) is 0. The highest BCUT2D eigenvalue weighted by Crippen LogP contribution is 2.25. The monoisotopic (exact) mass is 365 g/mol. The third-order valence-corrected chi connectivity index (χ3v) is 4.43. The lowest BCUT2D eigenvalue weighted by atomic mass is 10.2. The van der Waals surface area contributed by atoms with Crippen LogP contribution in [0.15, 0.2) is 47.4 Å². The first-order valence-corrected chi connectivity index (χ1v) is 8.34. The van der Waals surface area contributed by atoms with E-state index in [-0.39, 0.29) is 11.7 Å². The maximum atomic E-state index is 12.1. The van der Waals surface area contributed by atoms with E-state index in [1.807, 2.05) is 24.3 Å². The molecule has 5 nitrogen and oxygen atoms in total. The van der Waals surface area contributed by atoms with Crippen LogP contribution in [0, 0.1) is 0 Å². The molecule has 0 aliphatic rings. The Morgan fingerprint density at radius 3 is 2.46 bits per heavy atom. The zero-order valence-electron chi connectivity index (χ0n) is 13.2. The molecular weight excluding hydrogens is 350 g/mol. The summed E-state index contributed by atoms with van der Waals surface area (Å²) in [7, 11) is 2.89. The number of rotatable bonds is 6. The second-order valence-corrected chi connectivity index (χ2v) is 6.15. The molecule has 0 aromatic heterocycles. The number of benzene rings is 2. The Kier molecular flexibility index (Phi) is 6.52. The molecule has 24 heavy (non-hydrogen) atoms. The number of hydrogen-bond donors (Lipinski definition) is 1. The fraction of sp³-hybridized carbons (Fsp3) is 0.176. The lowest BCUT2D eigenvalue weighted by molar-refractivity contribution is -0.113. The lowest BCUT2D eigenvalue weighted by Gasteiger charge is -2.09. The van der Waals surface area contributed by atoms with Gasteiger partial charge in [0.1, 0.15) is 5.75 Å². The number of halogens is 1. The summed E-state index contributed by atoms with van der Waals surface area (Å²) in [6, 6.07) is 12.0. The van der Waals surface area contributed by atoms with Gasteiger partial charge in [-0.15, -0.1) is 11.8 Å². The van der Waals surface area contributed by atoms with Crippen molar-refractivity contribution in [1.29, 1.82) is 0 Å². The number of ether oxygens (including phenoxy) is 2. The van der Waals surface area contributed by atoms with Crippen LogP contribution in [0.4, 0.5) is 5.69 Å². The van der Waals surface area contributed by atoms with E-state index < -0.39 is 5.97 Å². The van der Waals surface area contributed by atoms with E-state index in [0.717, 1.165) is 10.6 Å². The van der Waals surface area contributed by atoms with Crippen molar-refractivity contribution in [3.8, 4) is 5.75 Å². The highest BCUT2D eigenvalue weighted by Gasteiger charge is 2.11. The van der Waals surface area contributed by atoms with Gasteiger partial charge in [0.15, 0.2) is 0 Å². The van der Waals surface area contributed by atoms with Gasteiger partial charge >= 0.3 is 5.97 Å². The second-order valence-electron chi connectivity index (χ2n) is 4.70. The van der Waals surface area contributed by atoms with Gasteiger partial charge in [-0.05, 0) is 42.5 Å². The van der Waals surface area contributed by atoms with Gasteiger partial charge in [0.2, 0.25) is 5.91 Å². The molecule has 0 bridgehead atoms. The van der Waals surface area contributed by atoms with Crippen molar-refractivity contribution in [2.24, 2.45) is 0 Å². The summed E-state index contributed by atoms with van der Waals surface area (Å²) in [5, 5.41) is 3.05. The number of methoxy groups -OCH3 is 2. The Morgan fingerprint density at radius 1 is 1.12 bits per heavy atom. The standard InChI is InChI=1S/C17H16ClNO4S/c1-22-12-4-6-13(7-5-12)24-10-16(20)19-15-9-11(17(21)23-2)3-8-14(15)18/h3-9H,10H2,1-2H3,(H,19,20). The molecule has 0 aliphatic carbocycles. The van der Waals surface area contributed by atoms with E-state index in [1.54, 1.807) is 13.2 Å². The van der Waals surface area contributed by atoms with Gasteiger partial charge in [0.05, 0.1) is 36.2 Å². The van der Waals surface area contributed by atoms with Crippen molar-refractivity contribution < 1.29 is 19.1 Å². The second kappa shape index (κ2) is 8.61. The van der Waals surface area contributed by atoms with Crippen LogP contribution in [0.25, 0.3) is 0 Å². The molecule has 0 unspecified atom stereocenters. The van der Waals surface area contributed by atoms with Crippen LogP contribution in [0.2, 0.25) is 5.02 Å². The number of carbonyl (C=O) groups is 2. The third-order valence-electron chi connectivity index (χ3n) is 3.09. The van der Waals surface area contributed by atoms with Crippen LogP contribution >= 0.6 is 23.4 Å². The zero-order chi connectivity index (χ0) is 17.5. The maximum Gasteiger partial charge on any atom is 0.337 e. The van der Waals surface area contributed by atoms with Crippen LogP contribution in [-0.2, 0) is 9.53 Å². The highest BCUT2D eigenvalue weighted by molar-refractivity contribution is 8.00. The maximum absolute atomic E-state index is 12.1. The number of amides is 1. The molecule has 1 N–H and O–H groups in total. The predicted molar refractivity (Wildman–Crippen MR) is 95.1 cm³/mol. The molecule has 2 aromatic carbocycles. The zero-order valence-corrected chi connectivity index (χ0v) is 14.7. The predicted octanol–water partition coefficient (Wildman–Crippen LogP) is 3.87. The Bertz CT molecular complexity index is 734. The summed E-state index contributed by atoms with van der Waals surface area (Å²) in [4.78, 5) is 24.6. The first kappa shape index (κ1) is 18.2. The van der Waals surface area contributed by atoms with Crippen LogP contribution in [0.5, 0.6) is 5.75 Å². The van der Waals surface area contributed by atoms with Crippen molar-refractivity contribution in [2.45, 2.75) is 4.90 Å². The largest absolute Gasteiger partial charge is 0.497 e. The van der Waals surface area contributed by atoms with Gasteiger partial charge in [0, 0.05) is 4.90 Å². The molecule has 0 heterocycles. The van der Waals surface area contributed by atoms with Gasteiger partial charge in [0.25, 0.3) is 0 Å². The quantitative estimate of drug-likeness (QED) is 0.622. The minimum absolute atomic E-state index is 0.213. The first-order chi connectivity index (χ1) is 11.5. The highest BCUT2D eigenvalue weighted by atomic mass is 35.5. The SMILES string of the molecule is COC(=O)c1ccc(Cl)c(NC(=O)CSc2ccc(OC)cc2)c1. The molecule has 0 spiro atoms. The normalized spacial score (nSPS) is 10.1. The lowest BCUT2D eigenvalue weighted by Crippen LogP contribution is -2.15. The Labute approximate surface area is 149 Å². The number of hydrogen-bond acceptors (Lipinski definition) is 5. The molecule has 2 rings (SSSR count). The minimum Gasteiger partial charge on any atom is -0.497 e. The minimum atomic E-state index is -0.491. The molecule has 0 atom stereocenters. The van der Waals surface area contributed by atoms with E-state index in [2.05, 4.69) is 10.1 Å². The molecule has 0 radical (unpaired) electrons. The van der Waals surface area contributed by atoms with Gasteiger partial charge in [-0.25, -0.2) is 4.79 Å². The summed E-state index contributed by atoms with van der Waals surface area (Å²) in [5.41, 5.74) is 0.694. The van der Waals surface area contributed by atoms with Crippen LogP contribution in [0.3, 0.4) is 0 Å². The van der Waals surface area contributed by atoms with Gasteiger partial charge in [-0.1, -0.05) is 11.6 Å². The van der Waals surface area contributed by atoms with E-state index in [9.17, 15) is 9.59 Å². The fourth-order valence-corrected chi connectivity index (χ4v) is 2.74. The van der Waals surface area contributed by atoms with Crippen molar-refractivity contribution in [2.75, 3.05) is 25.3 Å². The molecule has 0 saturated carbocycles. The number of esters is 1. The number of anilines is 1. The van der Waals surface area contributed by atoms with Crippen molar-refractivity contribution in [1.82, 2.24) is 0 Å². The molecule has 2 aromatic rings. The van der Waals surface area contributed by atoms with Crippen molar-refractivity contribution in [3.63, 3.8) is 0 Å². The van der Waals surface area contributed by atoms with Crippen LogP contribution in [-0.4, -0.2) is 31.8 Å². The first-order valence-electron chi connectivity index (χ1n) is 6.98. The molecule has 1 amide bonds. The van der Waals surface area contributed by atoms with E-state index in [0.29, 0.717) is 16.3 Å². The van der Waals surface area contributed by atoms with E-state index in [1.165, 1.54) is 31.0 Å². The molecule has 0 fully saturated rings. The Balaban J connectivity index is 1.97. The van der Waals surface area contributed by atoms with Crippen molar-refractivity contribution >= 4 is 40.9 Å². The fourth-order valence-electron chi connectivity index (χ4n) is 1.87. The topological polar surface area (TPSA) is 64.6 Å². The van der Waals surface area contributed by atoms with Gasteiger partial charge < -0.3 is 14.8 Å². The molecule has 7 heteroatoms. The number of thioether (sulfide) groups is 1. The molecule has 0 aliphatic heterocycles. The summed E-state index contributed by atoms with van der Waals surface area (Å²) < 4.78 is 9.74. The average molecular weight is 366 g/mol. The van der Waals surface area contributed by atoms with E-state index in [4.69, 9.17) is 16.3 Å². The average Bonchev–Trinajstić information content (AvgIpc) is 2.61. The smallest absolute Gasteiger partial charge is 0.337 e.